The van der Waals surface area contributed by atoms with Crippen molar-refractivity contribution in [2.75, 3.05) is 0 Å². The van der Waals surface area contributed by atoms with E-state index in [0.29, 0.717) is 0 Å². The summed E-state index contributed by atoms with van der Waals surface area (Å²) >= 11 is 0. The van der Waals surface area contributed by atoms with Crippen molar-refractivity contribution in [2.24, 2.45) is 5.41 Å². The fourth-order valence-corrected chi connectivity index (χ4v) is 4.46. The second-order valence-corrected chi connectivity index (χ2v) is 10.6. The van der Waals surface area contributed by atoms with E-state index in [1.165, 1.54) is 5.56 Å². The Kier molecular flexibility index (Phi) is 8.94. The van der Waals surface area contributed by atoms with Crippen LogP contribution in [0.4, 0.5) is 0 Å². The Balaban J connectivity index is 0.000000234. The molecule has 0 unspecified atom stereocenters. The molecule has 0 aliphatic heterocycles. The van der Waals surface area contributed by atoms with Crippen LogP contribution in [-0.4, -0.2) is 20.0 Å². The smallest absolute Gasteiger partial charge is 0.113 e. The third-order valence-electron chi connectivity index (χ3n) is 5.69. The number of fused-ring (bicyclic) bond motifs is 1. The molecule has 0 spiro atoms. The number of nitrogens with zero attached hydrogens (tertiary/aromatic N) is 4. The second kappa shape index (κ2) is 11.7. The molecule has 0 saturated carbocycles. The van der Waals surface area contributed by atoms with E-state index in [1.54, 1.807) is 11.0 Å². The topological polar surface area (TPSA) is 43.6 Å². The third kappa shape index (κ3) is 7.19. The number of hydrogen-bond acceptors (Lipinski definition) is 3. The Morgan fingerprint density at radius 1 is 0.750 bits per heavy atom. The fraction of sp³-hybridized carbons (Fsp3) is 0.258. The van der Waals surface area contributed by atoms with Gasteiger partial charge in [0.15, 0.2) is 0 Å². The van der Waals surface area contributed by atoms with Gasteiger partial charge < -0.3 is 4.98 Å². The van der Waals surface area contributed by atoms with Crippen molar-refractivity contribution in [2.45, 2.75) is 46.5 Å². The monoisotopic (exact) mass is 653 g/mol. The first-order chi connectivity index (χ1) is 16.7. The summed E-state index contributed by atoms with van der Waals surface area (Å²) in [6.45, 7) is 11.4. The summed E-state index contributed by atoms with van der Waals surface area (Å²) < 4.78 is 0. The first-order valence-corrected chi connectivity index (χ1v) is 11.9. The van der Waals surface area contributed by atoms with E-state index in [-0.39, 0.29) is 30.9 Å². The van der Waals surface area contributed by atoms with Gasteiger partial charge in [-0.2, -0.15) is 33.2 Å². The molecule has 5 rings (SSSR count). The molecule has 0 amide bonds. The van der Waals surface area contributed by atoms with E-state index in [4.69, 9.17) is 0 Å². The zero-order valence-electron chi connectivity index (χ0n) is 21.5. The summed E-state index contributed by atoms with van der Waals surface area (Å²) in [6, 6.07) is 34.3. The molecule has 0 saturated heterocycles. The quantitative estimate of drug-likeness (QED) is 0.189. The molecule has 36 heavy (non-hydrogen) atoms. The molecule has 0 atom stereocenters. The van der Waals surface area contributed by atoms with Crippen LogP contribution in [0.2, 0.25) is 0 Å². The molecule has 3 aromatic carbocycles. The molecule has 5 aromatic rings. The molecule has 0 fully saturated rings. The number of pyridine rings is 1. The second-order valence-electron chi connectivity index (χ2n) is 10.6. The summed E-state index contributed by atoms with van der Waals surface area (Å²) in [6.07, 6.45) is 2.90. The van der Waals surface area contributed by atoms with Gasteiger partial charge in [0.1, 0.15) is 11.0 Å². The standard InChI is InChI=1S/C20H24N3.C11H8N.Ir/c1-19(2,3)14-20(4,5)15-9-8-10-16(13-15)23-21-17-11-6-7-12-18(17)22-23;1-2-6-10(7-3-1)11-8-4-5-9-12-11;/h6-9,11-13H,14H2,1-5H3;1-6,8-9H;/q2*-1;. The maximum absolute atomic E-state index is 4.56. The van der Waals surface area contributed by atoms with Crippen LogP contribution in [-0.2, 0) is 25.5 Å². The zero-order chi connectivity index (χ0) is 24.9. The van der Waals surface area contributed by atoms with Crippen LogP contribution in [0.25, 0.3) is 28.0 Å². The maximum Gasteiger partial charge on any atom is 0.113 e. The van der Waals surface area contributed by atoms with E-state index in [2.05, 4.69) is 74.1 Å². The van der Waals surface area contributed by atoms with E-state index in [9.17, 15) is 0 Å². The Morgan fingerprint density at radius 2 is 1.42 bits per heavy atom. The normalized spacial score (nSPS) is 11.4. The minimum absolute atomic E-state index is 0. The zero-order valence-corrected chi connectivity index (χ0v) is 23.9. The van der Waals surface area contributed by atoms with Crippen LogP contribution in [0.3, 0.4) is 0 Å². The molecular formula is C31H32IrN4-2. The van der Waals surface area contributed by atoms with Crippen molar-refractivity contribution < 1.29 is 20.1 Å². The van der Waals surface area contributed by atoms with Crippen molar-refractivity contribution >= 4 is 11.0 Å². The van der Waals surface area contributed by atoms with Gasteiger partial charge in [0, 0.05) is 26.3 Å². The van der Waals surface area contributed by atoms with Crippen LogP contribution in [0.15, 0.2) is 91.1 Å². The van der Waals surface area contributed by atoms with E-state index in [0.717, 1.165) is 34.4 Å². The Hall–Kier alpha value is -3.14. The van der Waals surface area contributed by atoms with Gasteiger partial charge in [0.05, 0.1) is 0 Å². The summed E-state index contributed by atoms with van der Waals surface area (Å²) in [4.78, 5) is 5.90. The van der Waals surface area contributed by atoms with Gasteiger partial charge in [-0.1, -0.05) is 58.9 Å². The molecule has 0 aliphatic rings. The van der Waals surface area contributed by atoms with Crippen LogP contribution in [0.5, 0.6) is 0 Å². The minimum Gasteiger partial charge on any atom is -0.305 e. The first kappa shape index (κ1) is 27.4. The number of rotatable bonds is 4. The molecule has 5 heteroatoms. The molecule has 4 nitrogen and oxygen atoms in total. The van der Waals surface area contributed by atoms with E-state index < -0.39 is 0 Å². The summed E-state index contributed by atoms with van der Waals surface area (Å²) in [5, 5.41) is 9.11. The van der Waals surface area contributed by atoms with Crippen molar-refractivity contribution in [1.82, 2.24) is 20.0 Å². The predicted molar refractivity (Wildman–Crippen MR) is 143 cm³/mol. The van der Waals surface area contributed by atoms with E-state index >= 15 is 0 Å². The maximum atomic E-state index is 4.56. The SMILES string of the molecule is CC(C)(C)CC(C)(C)c1cc[c-]c(-n2nc3ccccc3n2)c1.[Ir].[c-]1ccccc1-c1ccccn1. The average Bonchev–Trinajstić information content (AvgIpc) is 3.29. The molecule has 2 heterocycles. The van der Waals surface area contributed by atoms with Gasteiger partial charge in [-0.05, 0) is 46.8 Å². The van der Waals surface area contributed by atoms with Crippen molar-refractivity contribution in [3.63, 3.8) is 0 Å². The summed E-state index contributed by atoms with van der Waals surface area (Å²) in [7, 11) is 0. The van der Waals surface area contributed by atoms with Crippen LogP contribution < -0.4 is 0 Å². The molecule has 2 aromatic heterocycles. The van der Waals surface area contributed by atoms with Gasteiger partial charge in [-0.15, -0.1) is 47.5 Å². The largest absolute Gasteiger partial charge is 0.305 e. The molecular weight excluding hydrogens is 621 g/mol. The fourth-order valence-electron chi connectivity index (χ4n) is 4.46. The molecule has 1 radical (unpaired) electrons. The van der Waals surface area contributed by atoms with Crippen molar-refractivity contribution in [1.29, 1.82) is 0 Å². The third-order valence-corrected chi connectivity index (χ3v) is 5.69. The minimum atomic E-state index is 0. The average molecular weight is 653 g/mol. The van der Waals surface area contributed by atoms with E-state index in [1.807, 2.05) is 72.8 Å². The van der Waals surface area contributed by atoms with Crippen molar-refractivity contribution in [3.8, 4) is 16.9 Å². The number of aromatic nitrogens is 4. The van der Waals surface area contributed by atoms with Crippen LogP contribution in [0.1, 0.15) is 46.6 Å². The number of hydrogen-bond donors (Lipinski definition) is 0. The van der Waals surface area contributed by atoms with Crippen LogP contribution >= 0.6 is 0 Å². The summed E-state index contributed by atoms with van der Waals surface area (Å²) in [5.41, 5.74) is 6.37. The van der Waals surface area contributed by atoms with Gasteiger partial charge >= 0.3 is 0 Å². The Bertz CT molecular complexity index is 1300. The van der Waals surface area contributed by atoms with Gasteiger partial charge in [-0.3, -0.25) is 0 Å². The molecule has 0 bridgehead atoms. The Labute approximate surface area is 228 Å². The molecule has 0 N–H and O–H groups in total. The van der Waals surface area contributed by atoms with Crippen molar-refractivity contribution in [3.05, 3.63) is 109 Å². The number of benzene rings is 3. The van der Waals surface area contributed by atoms with Gasteiger partial charge in [0.25, 0.3) is 0 Å². The predicted octanol–water partition coefficient (Wildman–Crippen LogP) is 7.48. The Morgan fingerprint density at radius 3 is 2.00 bits per heavy atom. The van der Waals surface area contributed by atoms with Gasteiger partial charge in [-0.25, -0.2) is 0 Å². The molecule has 187 valence electrons. The first-order valence-electron chi connectivity index (χ1n) is 11.9. The van der Waals surface area contributed by atoms with Gasteiger partial charge in [0.2, 0.25) is 0 Å². The summed E-state index contributed by atoms with van der Waals surface area (Å²) in [5.74, 6) is 0. The van der Waals surface area contributed by atoms with Crippen LogP contribution in [0, 0.1) is 17.5 Å². The molecule has 0 aliphatic carbocycles.